The minimum Gasteiger partial charge on any atom is -0.490 e. The minimum absolute atomic E-state index is 0.0464. The smallest absolute Gasteiger partial charge is 0.293 e. The standard InChI is InChI=1S/C15H17ClN4O3S/c1-4-22-12-6-10(5-11(16)14(12)23-9(2)3)7-18-20-13(21)8-17-19-15(20)24/h5-9H,4H2,1-3H3,(H,19,24)/b18-7-. The summed E-state index contributed by atoms with van der Waals surface area (Å²) in [6, 6.07) is 3.40. The lowest BCUT2D eigenvalue weighted by Crippen LogP contribution is -2.18. The number of nitrogens with zero attached hydrogens (tertiary/aromatic N) is 3. The van der Waals surface area contributed by atoms with Crippen LogP contribution >= 0.6 is 23.8 Å². The van der Waals surface area contributed by atoms with Crippen molar-refractivity contribution in [2.45, 2.75) is 26.9 Å². The van der Waals surface area contributed by atoms with Crippen molar-refractivity contribution in [1.29, 1.82) is 0 Å². The van der Waals surface area contributed by atoms with Crippen LogP contribution in [0.15, 0.2) is 28.2 Å². The van der Waals surface area contributed by atoms with E-state index in [1.54, 1.807) is 12.1 Å². The highest BCUT2D eigenvalue weighted by molar-refractivity contribution is 7.71. The highest BCUT2D eigenvalue weighted by Gasteiger charge is 2.13. The van der Waals surface area contributed by atoms with Gasteiger partial charge in [0.25, 0.3) is 5.56 Å². The van der Waals surface area contributed by atoms with E-state index in [0.29, 0.717) is 28.7 Å². The van der Waals surface area contributed by atoms with Gasteiger partial charge in [0.05, 0.1) is 23.9 Å². The van der Waals surface area contributed by atoms with Crippen molar-refractivity contribution in [1.82, 2.24) is 14.9 Å². The average molecular weight is 369 g/mol. The van der Waals surface area contributed by atoms with Crippen LogP contribution in [0.4, 0.5) is 0 Å². The number of aromatic nitrogens is 3. The van der Waals surface area contributed by atoms with Crippen molar-refractivity contribution in [3.05, 3.63) is 44.0 Å². The van der Waals surface area contributed by atoms with E-state index in [4.69, 9.17) is 33.3 Å². The van der Waals surface area contributed by atoms with Gasteiger partial charge < -0.3 is 9.47 Å². The predicted octanol–water partition coefficient (Wildman–Crippen LogP) is 3.02. The fourth-order valence-electron chi connectivity index (χ4n) is 1.85. The molecule has 128 valence electrons. The Hall–Kier alpha value is -2.19. The van der Waals surface area contributed by atoms with Gasteiger partial charge in [0.15, 0.2) is 11.5 Å². The number of nitrogens with one attached hydrogen (secondary N) is 1. The van der Waals surface area contributed by atoms with Crippen molar-refractivity contribution in [2.75, 3.05) is 6.61 Å². The second-order valence-corrected chi connectivity index (χ2v) is 5.79. The molecule has 0 fully saturated rings. The molecular formula is C15H17ClN4O3S. The van der Waals surface area contributed by atoms with Crippen LogP contribution < -0.4 is 15.0 Å². The lowest BCUT2D eigenvalue weighted by molar-refractivity contribution is 0.224. The molecular weight excluding hydrogens is 352 g/mol. The molecule has 0 aliphatic carbocycles. The van der Waals surface area contributed by atoms with Gasteiger partial charge in [0.1, 0.15) is 6.20 Å². The van der Waals surface area contributed by atoms with E-state index in [-0.39, 0.29) is 10.9 Å². The average Bonchev–Trinajstić information content (AvgIpc) is 2.50. The Balaban J connectivity index is 2.43. The Labute approximate surface area is 148 Å². The summed E-state index contributed by atoms with van der Waals surface area (Å²) >= 11 is 11.3. The number of hydrogen-bond acceptors (Lipinski definition) is 6. The van der Waals surface area contributed by atoms with Gasteiger partial charge in [0, 0.05) is 0 Å². The first-order valence-corrected chi connectivity index (χ1v) is 8.05. The molecule has 0 saturated heterocycles. The summed E-state index contributed by atoms with van der Waals surface area (Å²) in [5.74, 6) is 0.983. The van der Waals surface area contributed by atoms with Crippen LogP contribution in [0, 0.1) is 4.77 Å². The largest absolute Gasteiger partial charge is 0.490 e. The number of hydrogen-bond donors (Lipinski definition) is 1. The maximum absolute atomic E-state index is 11.7. The summed E-state index contributed by atoms with van der Waals surface area (Å²) in [5.41, 5.74) is 0.198. The Morgan fingerprint density at radius 2 is 2.25 bits per heavy atom. The zero-order chi connectivity index (χ0) is 17.7. The van der Waals surface area contributed by atoms with E-state index in [9.17, 15) is 4.79 Å². The fraction of sp³-hybridized carbons (Fsp3) is 0.333. The molecule has 0 bridgehead atoms. The molecule has 1 aromatic carbocycles. The van der Waals surface area contributed by atoms with Crippen LogP contribution in [0.2, 0.25) is 5.02 Å². The van der Waals surface area contributed by atoms with E-state index in [1.807, 2.05) is 20.8 Å². The van der Waals surface area contributed by atoms with Gasteiger partial charge in [-0.05, 0) is 50.7 Å². The predicted molar refractivity (Wildman–Crippen MR) is 95.1 cm³/mol. The summed E-state index contributed by atoms with van der Waals surface area (Å²) in [7, 11) is 0. The molecule has 0 spiro atoms. The van der Waals surface area contributed by atoms with Gasteiger partial charge in [-0.15, -0.1) is 0 Å². The van der Waals surface area contributed by atoms with Crippen LogP contribution in [0.1, 0.15) is 26.3 Å². The van der Waals surface area contributed by atoms with Gasteiger partial charge >= 0.3 is 0 Å². The number of ether oxygens (including phenoxy) is 2. The zero-order valence-electron chi connectivity index (χ0n) is 13.4. The summed E-state index contributed by atoms with van der Waals surface area (Å²) in [6.45, 7) is 6.13. The maximum atomic E-state index is 11.7. The van der Waals surface area contributed by atoms with Crippen molar-refractivity contribution in [3.8, 4) is 11.5 Å². The molecule has 7 nitrogen and oxygen atoms in total. The first-order chi connectivity index (χ1) is 11.4. The topological polar surface area (TPSA) is 81.5 Å². The van der Waals surface area contributed by atoms with Crippen LogP contribution in [0.25, 0.3) is 0 Å². The molecule has 9 heteroatoms. The molecule has 0 aliphatic heterocycles. The van der Waals surface area contributed by atoms with Crippen LogP contribution in [-0.4, -0.2) is 33.8 Å². The molecule has 1 N–H and O–H groups in total. The van der Waals surface area contributed by atoms with E-state index in [1.165, 1.54) is 6.21 Å². The molecule has 2 rings (SSSR count). The van der Waals surface area contributed by atoms with E-state index in [0.717, 1.165) is 10.9 Å². The van der Waals surface area contributed by atoms with Crippen LogP contribution in [0.3, 0.4) is 0 Å². The number of rotatable bonds is 6. The van der Waals surface area contributed by atoms with Crippen LogP contribution in [-0.2, 0) is 0 Å². The number of benzene rings is 1. The van der Waals surface area contributed by atoms with Crippen molar-refractivity contribution in [3.63, 3.8) is 0 Å². The molecule has 0 saturated carbocycles. The molecule has 0 atom stereocenters. The Morgan fingerprint density at radius 1 is 1.50 bits per heavy atom. The number of H-pyrrole nitrogens is 1. The van der Waals surface area contributed by atoms with Crippen molar-refractivity contribution < 1.29 is 9.47 Å². The second kappa shape index (κ2) is 8.07. The maximum Gasteiger partial charge on any atom is 0.293 e. The first kappa shape index (κ1) is 18.2. The molecule has 1 heterocycles. The normalized spacial score (nSPS) is 11.2. The quantitative estimate of drug-likeness (QED) is 0.626. The van der Waals surface area contributed by atoms with Crippen molar-refractivity contribution >= 4 is 30.0 Å². The highest BCUT2D eigenvalue weighted by atomic mass is 35.5. The summed E-state index contributed by atoms with van der Waals surface area (Å²) in [4.78, 5) is 11.7. The molecule has 0 radical (unpaired) electrons. The second-order valence-electron chi connectivity index (χ2n) is 5.00. The molecule has 24 heavy (non-hydrogen) atoms. The fourth-order valence-corrected chi connectivity index (χ4v) is 2.31. The molecule has 0 amide bonds. The number of aromatic amines is 1. The minimum atomic E-state index is -0.439. The zero-order valence-corrected chi connectivity index (χ0v) is 15.0. The first-order valence-electron chi connectivity index (χ1n) is 7.26. The van der Waals surface area contributed by atoms with Gasteiger partial charge in [-0.3, -0.25) is 9.89 Å². The van der Waals surface area contributed by atoms with E-state index < -0.39 is 5.56 Å². The Bertz CT molecular complexity index is 832. The lowest BCUT2D eigenvalue weighted by Gasteiger charge is -2.16. The van der Waals surface area contributed by atoms with E-state index in [2.05, 4.69) is 15.3 Å². The highest BCUT2D eigenvalue weighted by Crippen LogP contribution is 2.37. The number of halogens is 1. The molecule has 0 aliphatic rings. The third kappa shape index (κ3) is 4.42. The van der Waals surface area contributed by atoms with E-state index >= 15 is 0 Å². The third-order valence-electron chi connectivity index (χ3n) is 2.74. The summed E-state index contributed by atoms with van der Waals surface area (Å²) < 4.78 is 12.4. The van der Waals surface area contributed by atoms with Gasteiger partial charge in [-0.1, -0.05) is 11.6 Å². The monoisotopic (exact) mass is 368 g/mol. The molecule has 1 aromatic heterocycles. The van der Waals surface area contributed by atoms with Gasteiger partial charge in [0.2, 0.25) is 4.77 Å². The van der Waals surface area contributed by atoms with Crippen molar-refractivity contribution in [2.24, 2.45) is 5.10 Å². The lowest BCUT2D eigenvalue weighted by atomic mass is 10.2. The molecule has 2 aromatic rings. The molecule has 0 unspecified atom stereocenters. The SMILES string of the molecule is CCOc1cc(/C=N\n2c(=O)cn[nH]c2=S)cc(Cl)c1OC(C)C. The summed E-state index contributed by atoms with van der Waals surface area (Å²) in [6.07, 6.45) is 2.50. The van der Waals surface area contributed by atoms with Crippen LogP contribution in [0.5, 0.6) is 11.5 Å². The third-order valence-corrected chi connectivity index (χ3v) is 3.29. The van der Waals surface area contributed by atoms with Gasteiger partial charge in [-0.2, -0.15) is 14.9 Å². The van der Waals surface area contributed by atoms with Gasteiger partial charge in [-0.25, -0.2) is 0 Å². The summed E-state index contributed by atoms with van der Waals surface area (Å²) in [5, 5.41) is 10.5. The Morgan fingerprint density at radius 3 is 2.88 bits per heavy atom. The Kier molecular flexibility index (Phi) is 6.10.